The molecule has 21 heavy (non-hydrogen) atoms. The summed E-state index contributed by atoms with van der Waals surface area (Å²) in [4.78, 5) is 13.8. The van der Waals surface area contributed by atoms with Gasteiger partial charge in [0.1, 0.15) is 12.4 Å². The van der Waals surface area contributed by atoms with E-state index in [0.717, 1.165) is 18.6 Å². The Labute approximate surface area is 125 Å². The molecular formula is C16H24N2O3. The molecule has 2 rings (SSSR count). The number of hydrogen-bond acceptors (Lipinski definition) is 3. The van der Waals surface area contributed by atoms with Gasteiger partial charge in [0.15, 0.2) is 0 Å². The maximum atomic E-state index is 12.1. The van der Waals surface area contributed by atoms with E-state index in [4.69, 9.17) is 4.74 Å². The van der Waals surface area contributed by atoms with E-state index in [-0.39, 0.29) is 12.6 Å². The van der Waals surface area contributed by atoms with Crippen LogP contribution in [0.5, 0.6) is 5.75 Å². The number of likely N-dealkylation sites (tertiary alicyclic amines) is 1. The molecule has 1 fully saturated rings. The molecule has 0 bridgehead atoms. The van der Waals surface area contributed by atoms with E-state index in [9.17, 15) is 9.90 Å². The minimum Gasteiger partial charge on any atom is -0.492 e. The topological polar surface area (TPSA) is 61.8 Å². The Morgan fingerprint density at radius 3 is 2.81 bits per heavy atom. The molecule has 0 aliphatic carbocycles. The zero-order chi connectivity index (χ0) is 15.3. The lowest BCUT2D eigenvalue weighted by Gasteiger charge is -2.33. The van der Waals surface area contributed by atoms with Crippen LogP contribution in [0.3, 0.4) is 0 Å². The summed E-state index contributed by atoms with van der Waals surface area (Å²) in [7, 11) is 0. The number of carbonyl (C=O) groups excluding carboxylic acids is 1. The third-order valence-electron chi connectivity index (χ3n) is 4.00. The van der Waals surface area contributed by atoms with Gasteiger partial charge in [-0.2, -0.15) is 0 Å². The highest BCUT2D eigenvalue weighted by Crippen LogP contribution is 2.28. The van der Waals surface area contributed by atoms with Crippen LogP contribution in [0, 0.1) is 6.92 Å². The summed E-state index contributed by atoms with van der Waals surface area (Å²) in [5, 5.41) is 12.3. The summed E-state index contributed by atoms with van der Waals surface area (Å²) in [6.45, 7) is 5.52. The summed E-state index contributed by atoms with van der Waals surface area (Å²) in [5.41, 5.74) is 0.759. The van der Waals surface area contributed by atoms with Gasteiger partial charge >= 0.3 is 6.03 Å². The number of ether oxygens (including phenoxy) is 1. The molecule has 0 aromatic heterocycles. The van der Waals surface area contributed by atoms with Crippen LogP contribution in [0.4, 0.5) is 4.79 Å². The number of amides is 2. The first kappa shape index (κ1) is 15.6. The Hall–Kier alpha value is -1.75. The van der Waals surface area contributed by atoms with Crippen LogP contribution >= 0.6 is 0 Å². The molecule has 2 amide bonds. The number of nitrogens with one attached hydrogen (secondary N) is 1. The number of aliphatic hydroxyl groups excluding tert-OH is 1. The molecule has 1 saturated heterocycles. The van der Waals surface area contributed by atoms with E-state index < -0.39 is 5.54 Å². The van der Waals surface area contributed by atoms with Gasteiger partial charge in [0.25, 0.3) is 0 Å². The summed E-state index contributed by atoms with van der Waals surface area (Å²) >= 11 is 0. The molecule has 0 radical (unpaired) electrons. The number of hydrogen-bond donors (Lipinski definition) is 2. The quantitative estimate of drug-likeness (QED) is 0.815. The predicted molar refractivity (Wildman–Crippen MR) is 81.5 cm³/mol. The van der Waals surface area contributed by atoms with Crippen molar-refractivity contribution in [2.75, 3.05) is 26.3 Å². The molecular weight excluding hydrogens is 268 g/mol. The largest absolute Gasteiger partial charge is 0.492 e. The number of aliphatic hydroxyl groups is 1. The standard InChI is InChI=1S/C16H24N2O3/c1-13-4-6-14(7-5-13)21-11-9-17-15(20)18-10-3-8-16(18,2)12-19/h4-7,19H,3,8-12H2,1-2H3,(H,17,20)/t16-/m0/s1. The van der Waals surface area contributed by atoms with Crippen molar-refractivity contribution in [2.45, 2.75) is 32.2 Å². The van der Waals surface area contributed by atoms with Gasteiger partial charge in [-0.25, -0.2) is 4.79 Å². The van der Waals surface area contributed by atoms with Crippen LogP contribution in [-0.4, -0.2) is 47.9 Å². The zero-order valence-electron chi connectivity index (χ0n) is 12.8. The highest BCUT2D eigenvalue weighted by molar-refractivity contribution is 5.75. The number of urea groups is 1. The van der Waals surface area contributed by atoms with Gasteiger partial charge in [-0.05, 0) is 38.8 Å². The lowest BCUT2D eigenvalue weighted by molar-refractivity contribution is 0.0969. The lowest BCUT2D eigenvalue weighted by atomic mass is 10.0. The monoisotopic (exact) mass is 292 g/mol. The Morgan fingerprint density at radius 1 is 1.43 bits per heavy atom. The molecule has 1 aliphatic rings. The zero-order valence-corrected chi connectivity index (χ0v) is 12.8. The number of carbonyl (C=O) groups is 1. The second-order valence-corrected chi connectivity index (χ2v) is 5.80. The smallest absolute Gasteiger partial charge is 0.318 e. The van der Waals surface area contributed by atoms with Gasteiger partial charge in [0.2, 0.25) is 0 Å². The second-order valence-electron chi connectivity index (χ2n) is 5.80. The third-order valence-corrected chi connectivity index (χ3v) is 4.00. The van der Waals surface area contributed by atoms with Crippen molar-refractivity contribution < 1.29 is 14.6 Å². The molecule has 1 atom stereocenters. The molecule has 2 N–H and O–H groups in total. The Balaban J connectivity index is 1.73. The fraction of sp³-hybridized carbons (Fsp3) is 0.562. The average molecular weight is 292 g/mol. The van der Waals surface area contributed by atoms with Crippen molar-refractivity contribution >= 4 is 6.03 Å². The van der Waals surface area contributed by atoms with Crippen molar-refractivity contribution in [3.8, 4) is 5.75 Å². The van der Waals surface area contributed by atoms with Gasteiger partial charge in [-0.15, -0.1) is 0 Å². The molecule has 1 aromatic carbocycles. The Kier molecular flexibility index (Phi) is 5.07. The molecule has 0 unspecified atom stereocenters. The maximum Gasteiger partial charge on any atom is 0.318 e. The van der Waals surface area contributed by atoms with Crippen molar-refractivity contribution in [2.24, 2.45) is 0 Å². The van der Waals surface area contributed by atoms with Crippen molar-refractivity contribution in [1.82, 2.24) is 10.2 Å². The Morgan fingerprint density at radius 2 is 2.14 bits per heavy atom. The number of nitrogens with zero attached hydrogens (tertiary/aromatic N) is 1. The first-order chi connectivity index (χ1) is 10.0. The summed E-state index contributed by atoms with van der Waals surface area (Å²) in [6.07, 6.45) is 1.78. The van der Waals surface area contributed by atoms with Crippen molar-refractivity contribution in [3.05, 3.63) is 29.8 Å². The van der Waals surface area contributed by atoms with Gasteiger partial charge < -0.3 is 20.1 Å². The van der Waals surface area contributed by atoms with Crippen LogP contribution in [-0.2, 0) is 0 Å². The molecule has 116 valence electrons. The molecule has 1 aliphatic heterocycles. The molecule has 5 heteroatoms. The summed E-state index contributed by atoms with van der Waals surface area (Å²) in [6, 6.07) is 7.69. The summed E-state index contributed by atoms with van der Waals surface area (Å²) in [5.74, 6) is 0.802. The lowest BCUT2D eigenvalue weighted by Crippen LogP contribution is -2.52. The van der Waals surface area contributed by atoms with Crippen LogP contribution < -0.4 is 10.1 Å². The highest BCUT2D eigenvalue weighted by atomic mass is 16.5. The van der Waals surface area contributed by atoms with Crippen molar-refractivity contribution in [1.29, 1.82) is 0 Å². The minimum absolute atomic E-state index is 0.000284. The van der Waals surface area contributed by atoms with Gasteiger partial charge in [-0.1, -0.05) is 17.7 Å². The van der Waals surface area contributed by atoms with E-state index in [2.05, 4.69) is 5.32 Å². The second kappa shape index (κ2) is 6.80. The fourth-order valence-corrected chi connectivity index (χ4v) is 2.59. The van der Waals surface area contributed by atoms with Crippen molar-refractivity contribution in [3.63, 3.8) is 0 Å². The van der Waals surface area contributed by atoms with Crippen LogP contribution in [0.25, 0.3) is 0 Å². The van der Waals surface area contributed by atoms with E-state index in [1.807, 2.05) is 38.1 Å². The third kappa shape index (κ3) is 3.88. The van der Waals surface area contributed by atoms with Gasteiger partial charge in [-0.3, -0.25) is 0 Å². The number of rotatable bonds is 5. The van der Waals surface area contributed by atoms with Crippen LogP contribution in [0.1, 0.15) is 25.3 Å². The first-order valence-corrected chi connectivity index (χ1v) is 7.41. The predicted octanol–water partition coefficient (Wildman–Crippen LogP) is 1.93. The normalized spacial score (nSPS) is 21.4. The maximum absolute atomic E-state index is 12.1. The van der Waals surface area contributed by atoms with E-state index in [1.165, 1.54) is 5.56 Å². The molecule has 1 aromatic rings. The summed E-state index contributed by atoms with van der Waals surface area (Å²) < 4.78 is 5.57. The molecule has 0 spiro atoms. The molecule has 1 heterocycles. The highest BCUT2D eigenvalue weighted by Gasteiger charge is 2.38. The average Bonchev–Trinajstić information content (AvgIpc) is 2.88. The molecule has 0 saturated carbocycles. The van der Waals surface area contributed by atoms with Gasteiger partial charge in [0, 0.05) is 6.54 Å². The molecule has 5 nitrogen and oxygen atoms in total. The number of aryl methyl sites for hydroxylation is 1. The van der Waals surface area contributed by atoms with Crippen LogP contribution in [0.15, 0.2) is 24.3 Å². The van der Waals surface area contributed by atoms with Gasteiger partial charge in [0.05, 0.1) is 18.7 Å². The first-order valence-electron chi connectivity index (χ1n) is 7.41. The van der Waals surface area contributed by atoms with Crippen LogP contribution in [0.2, 0.25) is 0 Å². The van der Waals surface area contributed by atoms with E-state index in [0.29, 0.717) is 19.7 Å². The number of benzene rings is 1. The minimum atomic E-state index is -0.429. The fourth-order valence-electron chi connectivity index (χ4n) is 2.59. The van der Waals surface area contributed by atoms with E-state index in [1.54, 1.807) is 4.90 Å². The SMILES string of the molecule is Cc1ccc(OCCNC(=O)N2CCC[C@@]2(C)CO)cc1. The van der Waals surface area contributed by atoms with E-state index >= 15 is 0 Å². The Bertz CT molecular complexity index is 475.